The number of rotatable bonds is 5. The van der Waals surface area contributed by atoms with Crippen molar-refractivity contribution >= 4 is 21.9 Å². The SMILES string of the molecule is CCCc1cc(Oc2cc(C(=O)O)ccc2Br)ncn1. The lowest BCUT2D eigenvalue weighted by molar-refractivity contribution is 0.0696. The number of ether oxygens (including phenoxy) is 1. The van der Waals surface area contributed by atoms with E-state index >= 15 is 0 Å². The summed E-state index contributed by atoms with van der Waals surface area (Å²) in [6, 6.07) is 6.34. The minimum absolute atomic E-state index is 0.158. The predicted octanol–water partition coefficient (Wildman–Crippen LogP) is 3.68. The average Bonchev–Trinajstić information content (AvgIpc) is 2.42. The van der Waals surface area contributed by atoms with E-state index < -0.39 is 5.97 Å². The van der Waals surface area contributed by atoms with Gasteiger partial charge in [-0.05, 0) is 40.5 Å². The molecule has 2 aromatic rings. The van der Waals surface area contributed by atoms with E-state index in [2.05, 4.69) is 32.8 Å². The van der Waals surface area contributed by atoms with Crippen LogP contribution in [0.15, 0.2) is 35.1 Å². The molecule has 1 aromatic carbocycles. The molecule has 0 unspecified atom stereocenters. The summed E-state index contributed by atoms with van der Waals surface area (Å²) in [5, 5.41) is 8.98. The molecular formula is C14H13BrN2O3. The molecule has 0 aliphatic carbocycles. The monoisotopic (exact) mass is 336 g/mol. The van der Waals surface area contributed by atoms with Crippen molar-refractivity contribution in [1.82, 2.24) is 9.97 Å². The number of aryl methyl sites for hydroxylation is 1. The van der Waals surface area contributed by atoms with Gasteiger partial charge in [-0.25, -0.2) is 14.8 Å². The highest BCUT2D eigenvalue weighted by molar-refractivity contribution is 9.10. The van der Waals surface area contributed by atoms with Gasteiger partial charge in [0.15, 0.2) is 0 Å². The van der Waals surface area contributed by atoms with Gasteiger partial charge in [-0.1, -0.05) is 13.3 Å². The molecule has 0 saturated heterocycles. The molecule has 0 saturated carbocycles. The molecule has 20 heavy (non-hydrogen) atoms. The zero-order valence-electron chi connectivity index (χ0n) is 10.8. The summed E-state index contributed by atoms with van der Waals surface area (Å²) in [6.07, 6.45) is 3.26. The summed E-state index contributed by atoms with van der Waals surface area (Å²) in [6.45, 7) is 2.07. The standard InChI is InChI=1S/C14H13BrN2O3/c1-2-3-10-7-13(17-8-16-10)20-12-6-9(14(18)19)4-5-11(12)15/h4-8H,2-3H2,1H3,(H,18,19). The first-order chi connectivity index (χ1) is 9.60. The van der Waals surface area contributed by atoms with Crippen molar-refractivity contribution < 1.29 is 14.6 Å². The van der Waals surface area contributed by atoms with Crippen LogP contribution in [0.5, 0.6) is 11.6 Å². The number of carboxylic acids is 1. The zero-order valence-corrected chi connectivity index (χ0v) is 12.4. The fraction of sp³-hybridized carbons (Fsp3) is 0.214. The van der Waals surface area contributed by atoms with E-state index in [1.807, 2.05) is 0 Å². The van der Waals surface area contributed by atoms with E-state index in [0.717, 1.165) is 18.5 Å². The maximum Gasteiger partial charge on any atom is 0.335 e. The van der Waals surface area contributed by atoms with Gasteiger partial charge in [0.05, 0.1) is 10.0 Å². The molecule has 2 rings (SSSR count). The summed E-state index contributed by atoms with van der Waals surface area (Å²) in [5.74, 6) is -0.200. The quantitative estimate of drug-likeness (QED) is 0.901. The van der Waals surface area contributed by atoms with Crippen molar-refractivity contribution in [1.29, 1.82) is 0 Å². The molecule has 1 N–H and O–H groups in total. The Kier molecular flexibility index (Phi) is 4.68. The molecule has 104 valence electrons. The molecule has 1 heterocycles. The molecule has 0 bridgehead atoms. The highest BCUT2D eigenvalue weighted by Gasteiger charge is 2.10. The van der Waals surface area contributed by atoms with Crippen LogP contribution in [0, 0.1) is 0 Å². The first-order valence-electron chi connectivity index (χ1n) is 6.11. The molecule has 0 radical (unpaired) electrons. The van der Waals surface area contributed by atoms with Gasteiger partial charge in [0.25, 0.3) is 0 Å². The third-order valence-electron chi connectivity index (χ3n) is 2.60. The Balaban J connectivity index is 2.27. The molecule has 0 aliphatic rings. The summed E-state index contributed by atoms with van der Waals surface area (Å²) in [7, 11) is 0. The zero-order chi connectivity index (χ0) is 14.5. The highest BCUT2D eigenvalue weighted by atomic mass is 79.9. The van der Waals surface area contributed by atoms with E-state index in [9.17, 15) is 4.79 Å². The first kappa shape index (κ1) is 14.5. The van der Waals surface area contributed by atoms with Crippen LogP contribution in [0.3, 0.4) is 0 Å². The van der Waals surface area contributed by atoms with E-state index in [-0.39, 0.29) is 5.56 Å². The first-order valence-corrected chi connectivity index (χ1v) is 6.91. The molecule has 5 nitrogen and oxygen atoms in total. The Hall–Kier alpha value is -1.95. The molecule has 6 heteroatoms. The van der Waals surface area contributed by atoms with Crippen LogP contribution >= 0.6 is 15.9 Å². The topological polar surface area (TPSA) is 72.3 Å². The van der Waals surface area contributed by atoms with Crippen LogP contribution in [0.4, 0.5) is 0 Å². The minimum Gasteiger partial charge on any atom is -0.478 e. The van der Waals surface area contributed by atoms with Gasteiger partial charge in [0, 0.05) is 11.8 Å². The Morgan fingerprint density at radius 3 is 2.85 bits per heavy atom. The number of aromatic carboxylic acids is 1. The Bertz CT molecular complexity index is 632. The lowest BCUT2D eigenvalue weighted by atomic mass is 10.2. The average molecular weight is 337 g/mol. The van der Waals surface area contributed by atoms with Crippen LogP contribution < -0.4 is 4.74 Å². The fourth-order valence-electron chi connectivity index (χ4n) is 1.65. The number of hydrogen-bond acceptors (Lipinski definition) is 4. The normalized spacial score (nSPS) is 10.3. The number of nitrogens with zero attached hydrogens (tertiary/aromatic N) is 2. The molecule has 0 spiro atoms. The van der Waals surface area contributed by atoms with Crippen molar-refractivity contribution in [2.45, 2.75) is 19.8 Å². The highest BCUT2D eigenvalue weighted by Crippen LogP contribution is 2.30. The second kappa shape index (κ2) is 6.47. The largest absolute Gasteiger partial charge is 0.478 e. The van der Waals surface area contributed by atoms with Gasteiger partial charge in [0.1, 0.15) is 12.1 Å². The van der Waals surface area contributed by atoms with E-state index in [1.165, 1.54) is 18.5 Å². The number of carbonyl (C=O) groups is 1. The van der Waals surface area contributed by atoms with Gasteiger partial charge >= 0.3 is 5.97 Å². The fourth-order valence-corrected chi connectivity index (χ4v) is 1.98. The smallest absolute Gasteiger partial charge is 0.335 e. The Labute approximate surface area is 124 Å². The maximum absolute atomic E-state index is 11.0. The second-order valence-corrected chi connectivity index (χ2v) is 5.00. The minimum atomic E-state index is -1.00. The van der Waals surface area contributed by atoms with Crippen LogP contribution in [0.25, 0.3) is 0 Å². The molecule has 0 fully saturated rings. The van der Waals surface area contributed by atoms with Crippen LogP contribution in [-0.2, 0) is 6.42 Å². The van der Waals surface area contributed by atoms with Gasteiger partial charge in [-0.15, -0.1) is 0 Å². The number of hydrogen-bond donors (Lipinski definition) is 1. The molecule has 1 aromatic heterocycles. The summed E-state index contributed by atoms with van der Waals surface area (Å²) >= 11 is 3.32. The summed E-state index contributed by atoms with van der Waals surface area (Å²) < 4.78 is 6.29. The van der Waals surface area contributed by atoms with Crippen LogP contribution in [0.1, 0.15) is 29.4 Å². The Morgan fingerprint density at radius 2 is 2.15 bits per heavy atom. The molecule has 0 amide bonds. The van der Waals surface area contributed by atoms with Gasteiger partial charge in [0.2, 0.25) is 5.88 Å². The number of aromatic nitrogens is 2. The Morgan fingerprint density at radius 1 is 1.35 bits per heavy atom. The number of carboxylic acid groups (broad SMARTS) is 1. The van der Waals surface area contributed by atoms with E-state index in [0.29, 0.717) is 16.1 Å². The van der Waals surface area contributed by atoms with Crippen LogP contribution in [0.2, 0.25) is 0 Å². The van der Waals surface area contributed by atoms with E-state index in [4.69, 9.17) is 9.84 Å². The van der Waals surface area contributed by atoms with Crippen molar-refractivity contribution in [3.8, 4) is 11.6 Å². The lowest BCUT2D eigenvalue weighted by Gasteiger charge is -2.08. The summed E-state index contributed by atoms with van der Waals surface area (Å²) in [4.78, 5) is 19.1. The van der Waals surface area contributed by atoms with Crippen molar-refractivity contribution in [3.05, 3.63) is 46.3 Å². The van der Waals surface area contributed by atoms with Crippen molar-refractivity contribution in [2.75, 3.05) is 0 Å². The van der Waals surface area contributed by atoms with Gasteiger partial charge in [-0.3, -0.25) is 0 Å². The van der Waals surface area contributed by atoms with Crippen molar-refractivity contribution in [3.63, 3.8) is 0 Å². The maximum atomic E-state index is 11.0. The third-order valence-corrected chi connectivity index (χ3v) is 3.25. The van der Waals surface area contributed by atoms with Crippen molar-refractivity contribution in [2.24, 2.45) is 0 Å². The van der Waals surface area contributed by atoms with Gasteiger partial charge < -0.3 is 9.84 Å². The third kappa shape index (κ3) is 3.54. The number of benzene rings is 1. The van der Waals surface area contributed by atoms with Gasteiger partial charge in [-0.2, -0.15) is 0 Å². The molecular weight excluding hydrogens is 324 g/mol. The predicted molar refractivity (Wildman–Crippen MR) is 77.2 cm³/mol. The van der Waals surface area contributed by atoms with E-state index in [1.54, 1.807) is 12.1 Å². The summed E-state index contributed by atoms with van der Waals surface area (Å²) in [5.41, 5.74) is 1.05. The lowest BCUT2D eigenvalue weighted by Crippen LogP contribution is -1.98. The number of halogens is 1. The second-order valence-electron chi connectivity index (χ2n) is 4.15. The van der Waals surface area contributed by atoms with Crippen LogP contribution in [-0.4, -0.2) is 21.0 Å². The molecule has 0 atom stereocenters. The molecule has 0 aliphatic heterocycles.